The quantitative estimate of drug-likeness (QED) is 0.412. The molecular weight excluding hydrogens is 498 g/mol. The van der Waals surface area contributed by atoms with E-state index in [1.54, 1.807) is 45.7 Å². The van der Waals surface area contributed by atoms with E-state index in [-0.39, 0.29) is 35.5 Å². The van der Waals surface area contributed by atoms with Gasteiger partial charge in [-0.15, -0.1) is 24.9 Å². The molecule has 0 aromatic heterocycles. The molecule has 0 aliphatic carbocycles. The van der Waals surface area contributed by atoms with Crippen molar-refractivity contribution in [2.24, 2.45) is 17.8 Å². The van der Waals surface area contributed by atoms with Gasteiger partial charge in [0.05, 0.1) is 29.2 Å². The van der Waals surface area contributed by atoms with Crippen LogP contribution in [0.5, 0.6) is 0 Å². The van der Waals surface area contributed by atoms with Crippen molar-refractivity contribution < 1.29 is 19.5 Å². The summed E-state index contributed by atoms with van der Waals surface area (Å²) in [6.45, 7) is 12.6. The van der Waals surface area contributed by atoms with Gasteiger partial charge in [-0.2, -0.15) is 0 Å². The first kappa shape index (κ1) is 28.4. The molecule has 3 aliphatic heterocycles. The summed E-state index contributed by atoms with van der Waals surface area (Å²) in [4.78, 5) is 47.6. The number of aliphatic hydroxyl groups is 1. The predicted molar refractivity (Wildman–Crippen MR) is 151 cm³/mol. The minimum Gasteiger partial charge on any atom is -0.394 e. The molecule has 3 heterocycles. The van der Waals surface area contributed by atoms with Crippen molar-refractivity contribution in [3.63, 3.8) is 0 Å². The van der Waals surface area contributed by atoms with Crippen LogP contribution < -0.4 is 0 Å². The van der Waals surface area contributed by atoms with Crippen molar-refractivity contribution in [3.05, 3.63) is 61.2 Å². The zero-order valence-corrected chi connectivity index (χ0v) is 23.6. The average Bonchev–Trinajstić information content (AvgIpc) is 3.56. The van der Waals surface area contributed by atoms with Crippen molar-refractivity contribution in [2.45, 2.75) is 61.7 Å². The number of amides is 3. The molecule has 3 saturated heterocycles. The van der Waals surface area contributed by atoms with Crippen molar-refractivity contribution in [3.8, 4) is 0 Å². The largest absolute Gasteiger partial charge is 0.394 e. The Bertz CT molecular complexity index is 1060. The summed E-state index contributed by atoms with van der Waals surface area (Å²) in [5.74, 6) is -1.43. The smallest absolute Gasteiger partial charge is 0.247 e. The second-order valence-electron chi connectivity index (χ2n) is 10.9. The lowest BCUT2D eigenvalue weighted by Gasteiger charge is -2.41. The third-order valence-electron chi connectivity index (χ3n) is 8.76. The number of thioether (sulfide) groups is 1. The normalized spacial score (nSPS) is 29.1. The van der Waals surface area contributed by atoms with Crippen LogP contribution in [0.3, 0.4) is 0 Å². The number of fused-ring (bicyclic) bond motifs is 1. The van der Waals surface area contributed by atoms with E-state index in [0.717, 1.165) is 18.4 Å². The van der Waals surface area contributed by atoms with Gasteiger partial charge in [0.1, 0.15) is 6.04 Å². The fourth-order valence-corrected chi connectivity index (χ4v) is 8.92. The Morgan fingerprint density at radius 1 is 1.21 bits per heavy atom. The van der Waals surface area contributed by atoms with Crippen molar-refractivity contribution in [2.75, 3.05) is 26.7 Å². The standard InChI is InChI=1S/C30H41N3O4S/c1-6-16-31(5)27(35)24-23-14-15-30(38-23)25(24)28(36)33(22(19-34)20(4)8-3)26(30)29(37)32(17-7-2)18-21-12-10-9-11-13-21/h6-7,9-13,20,22-26,34H,1-2,8,14-19H2,3-5H3/t20-,22-,23+,24-,25-,26?,30?/m0/s1. The van der Waals surface area contributed by atoms with Gasteiger partial charge in [0, 0.05) is 31.9 Å². The first-order valence-electron chi connectivity index (χ1n) is 13.7. The fourth-order valence-electron chi connectivity index (χ4n) is 6.73. The van der Waals surface area contributed by atoms with E-state index in [0.29, 0.717) is 26.1 Å². The van der Waals surface area contributed by atoms with Crippen LogP contribution >= 0.6 is 11.8 Å². The topological polar surface area (TPSA) is 81.2 Å². The number of hydrogen-bond donors (Lipinski definition) is 1. The second-order valence-corrected chi connectivity index (χ2v) is 12.5. The highest BCUT2D eigenvalue weighted by atomic mass is 32.2. The molecule has 7 nitrogen and oxygen atoms in total. The molecule has 1 aromatic carbocycles. The van der Waals surface area contributed by atoms with Gasteiger partial charge in [-0.3, -0.25) is 14.4 Å². The fraction of sp³-hybridized carbons (Fsp3) is 0.567. The molecule has 2 unspecified atom stereocenters. The lowest BCUT2D eigenvalue weighted by Crippen LogP contribution is -2.58. The molecule has 38 heavy (non-hydrogen) atoms. The third-order valence-corrected chi connectivity index (χ3v) is 10.7. The Balaban J connectivity index is 1.78. The Labute approximate surface area is 230 Å². The molecule has 1 aromatic rings. The number of benzene rings is 1. The lowest BCUT2D eigenvalue weighted by atomic mass is 9.70. The van der Waals surface area contributed by atoms with Crippen molar-refractivity contribution in [1.29, 1.82) is 0 Å². The molecule has 8 heteroatoms. The van der Waals surface area contributed by atoms with E-state index >= 15 is 0 Å². The summed E-state index contributed by atoms with van der Waals surface area (Å²) in [5, 5.41) is 10.5. The highest BCUT2D eigenvalue weighted by Crippen LogP contribution is 2.67. The average molecular weight is 540 g/mol. The number of hydrogen-bond acceptors (Lipinski definition) is 5. The van der Waals surface area contributed by atoms with Gasteiger partial charge in [-0.1, -0.05) is 62.8 Å². The van der Waals surface area contributed by atoms with Crippen LogP contribution in [-0.4, -0.2) is 86.4 Å². The van der Waals surface area contributed by atoms with Crippen LogP contribution in [0.4, 0.5) is 0 Å². The van der Waals surface area contributed by atoms with E-state index in [1.807, 2.05) is 44.2 Å². The minimum absolute atomic E-state index is 0.000631. The minimum atomic E-state index is -0.743. The Morgan fingerprint density at radius 3 is 2.50 bits per heavy atom. The molecule has 7 atom stereocenters. The van der Waals surface area contributed by atoms with E-state index in [4.69, 9.17) is 0 Å². The number of carbonyl (C=O) groups is 3. The maximum absolute atomic E-state index is 14.5. The summed E-state index contributed by atoms with van der Waals surface area (Å²) in [7, 11) is 1.74. The Hall–Kier alpha value is -2.58. The molecule has 3 amide bonds. The van der Waals surface area contributed by atoms with Crippen LogP contribution in [0.15, 0.2) is 55.6 Å². The summed E-state index contributed by atoms with van der Waals surface area (Å²) in [6, 6.07) is 8.56. The number of likely N-dealkylation sites (N-methyl/N-ethyl adjacent to an activating group) is 1. The van der Waals surface area contributed by atoms with Gasteiger partial charge >= 0.3 is 0 Å². The van der Waals surface area contributed by atoms with Gasteiger partial charge in [-0.25, -0.2) is 0 Å². The molecule has 0 radical (unpaired) electrons. The molecule has 2 bridgehead atoms. The highest BCUT2D eigenvalue weighted by molar-refractivity contribution is 8.02. The number of nitrogens with zero attached hydrogens (tertiary/aromatic N) is 3. The zero-order chi connectivity index (χ0) is 27.6. The summed E-state index contributed by atoms with van der Waals surface area (Å²) >= 11 is 1.66. The maximum Gasteiger partial charge on any atom is 0.247 e. The van der Waals surface area contributed by atoms with Crippen LogP contribution in [0.25, 0.3) is 0 Å². The molecule has 206 valence electrons. The molecular formula is C30H41N3O4S. The van der Waals surface area contributed by atoms with Gasteiger partial charge in [-0.05, 0) is 24.3 Å². The summed E-state index contributed by atoms with van der Waals surface area (Å²) in [6.07, 6.45) is 5.65. The van der Waals surface area contributed by atoms with Crippen LogP contribution in [0.1, 0.15) is 38.7 Å². The molecule has 3 fully saturated rings. The van der Waals surface area contributed by atoms with Crippen LogP contribution in [-0.2, 0) is 20.9 Å². The van der Waals surface area contributed by atoms with E-state index < -0.39 is 28.7 Å². The van der Waals surface area contributed by atoms with Gasteiger partial charge in [0.2, 0.25) is 17.7 Å². The number of aliphatic hydroxyl groups excluding tert-OH is 1. The molecule has 1 spiro atoms. The first-order valence-corrected chi connectivity index (χ1v) is 14.5. The maximum atomic E-state index is 14.5. The van der Waals surface area contributed by atoms with E-state index in [9.17, 15) is 19.5 Å². The molecule has 0 saturated carbocycles. The van der Waals surface area contributed by atoms with E-state index in [2.05, 4.69) is 13.2 Å². The molecule has 3 aliphatic rings. The van der Waals surface area contributed by atoms with Crippen LogP contribution in [0, 0.1) is 17.8 Å². The number of likely N-dealkylation sites (tertiary alicyclic amines) is 1. The third kappa shape index (κ3) is 4.70. The summed E-state index contributed by atoms with van der Waals surface area (Å²) < 4.78 is -0.689. The van der Waals surface area contributed by atoms with Crippen molar-refractivity contribution >= 4 is 29.5 Å². The molecule has 1 N–H and O–H groups in total. The monoisotopic (exact) mass is 539 g/mol. The van der Waals surface area contributed by atoms with Gasteiger partial charge in [0.25, 0.3) is 0 Å². The van der Waals surface area contributed by atoms with Gasteiger partial charge < -0.3 is 19.8 Å². The summed E-state index contributed by atoms with van der Waals surface area (Å²) in [5.41, 5.74) is 0.996. The first-order chi connectivity index (χ1) is 18.2. The zero-order valence-electron chi connectivity index (χ0n) is 22.8. The van der Waals surface area contributed by atoms with Crippen LogP contribution in [0.2, 0.25) is 0 Å². The number of carbonyl (C=O) groups excluding carboxylic acids is 3. The SMILES string of the molecule is C=CCN(C)C(=O)[C@@H]1[C@H]2C(=O)N([C@@H](CO)[C@@H](C)CC)C(C(=O)N(CC=C)Cc3ccccc3)C23CC[C@H]1S3. The number of rotatable bonds is 12. The Morgan fingerprint density at radius 2 is 1.89 bits per heavy atom. The van der Waals surface area contributed by atoms with Crippen molar-refractivity contribution in [1.82, 2.24) is 14.7 Å². The predicted octanol–water partition coefficient (Wildman–Crippen LogP) is 3.34. The lowest BCUT2D eigenvalue weighted by molar-refractivity contribution is -0.148. The van der Waals surface area contributed by atoms with E-state index in [1.165, 1.54) is 0 Å². The second kappa shape index (κ2) is 11.7. The molecule has 4 rings (SSSR count). The highest BCUT2D eigenvalue weighted by Gasteiger charge is 2.74. The van der Waals surface area contributed by atoms with Gasteiger partial charge in [0.15, 0.2) is 0 Å². The Kier molecular flexibility index (Phi) is 8.72.